The highest BCUT2D eigenvalue weighted by molar-refractivity contribution is 6.32. The van der Waals surface area contributed by atoms with Crippen molar-refractivity contribution in [2.24, 2.45) is 5.92 Å². The lowest BCUT2D eigenvalue weighted by Gasteiger charge is -2.31. The number of nitrogens with one attached hydrogen (secondary N) is 1. The molecule has 1 aliphatic rings. The molecule has 2 aromatic rings. The predicted octanol–water partition coefficient (Wildman–Crippen LogP) is 4.44. The van der Waals surface area contributed by atoms with E-state index in [4.69, 9.17) is 11.6 Å². The van der Waals surface area contributed by atoms with Crippen molar-refractivity contribution < 1.29 is 14.5 Å². The Bertz CT molecular complexity index is 958. The maximum Gasteiger partial charge on any atom is 0.288 e. The first-order valence-electron chi connectivity index (χ1n) is 8.95. The molecule has 8 heteroatoms. The van der Waals surface area contributed by atoms with Gasteiger partial charge in [-0.25, -0.2) is 0 Å². The van der Waals surface area contributed by atoms with Gasteiger partial charge in [0.25, 0.3) is 11.6 Å². The summed E-state index contributed by atoms with van der Waals surface area (Å²) in [5.41, 5.74) is 2.25. The fourth-order valence-corrected chi connectivity index (χ4v) is 3.39. The molecular weight excluding hydrogens is 382 g/mol. The molecule has 0 saturated carbocycles. The first kappa shape index (κ1) is 19.8. The number of anilines is 2. The predicted molar refractivity (Wildman–Crippen MR) is 108 cm³/mol. The van der Waals surface area contributed by atoms with Crippen LogP contribution >= 0.6 is 11.6 Å². The maximum atomic E-state index is 12.5. The number of amides is 2. The Morgan fingerprint density at radius 1 is 1.25 bits per heavy atom. The number of rotatable bonds is 5. The van der Waals surface area contributed by atoms with Gasteiger partial charge in [-0.1, -0.05) is 25.4 Å². The first-order valence-corrected chi connectivity index (χ1v) is 9.32. The van der Waals surface area contributed by atoms with Crippen molar-refractivity contribution in [3.8, 4) is 0 Å². The lowest BCUT2D eigenvalue weighted by molar-refractivity contribution is -0.384. The van der Waals surface area contributed by atoms with Crippen molar-refractivity contribution >= 4 is 40.5 Å². The van der Waals surface area contributed by atoms with Gasteiger partial charge in [-0.3, -0.25) is 19.7 Å². The minimum Gasteiger partial charge on any atom is -0.322 e. The van der Waals surface area contributed by atoms with E-state index in [1.54, 1.807) is 11.0 Å². The Kier molecular flexibility index (Phi) is 5.65. The molecular formula is C20H20ClN3O4. The van der Waals surface area contributed by atoms with Crippen molar-refractivity contribution in [1.29, 1.82) is 0 Å². The zero-order chi connectivity index (χ0) is 20.4. The van der Waals surface area contributed by atoms with Crippen LogP contribution < -0.4 is 10.2 Å². The number of halogens is 1. The zero-order valence-electron chi connectivity index (χ0n) is 15.6. The monoisotopic (exact) mass is 401 g/mol. The lowest BCUT2D eigenvalue weighted by atomic mass is 9.99. The van der Waals surface area contributed by atoms with E-state index in [1.165, 1.54) is 12.1 Å². The van der Waals surface area contributed by atoms with Gasteiger partial charge in [0.2, 0.25) is 5.91 Å². The Morgan fingerprint density at radius 3 is 2.68 bits per heavy atom. The number of hydrogen-bond donors (Lipinski definition) is 1. The Labute approximate surface area is 167 Å². The second-order valence-electron chi connectivity index (χ2n) is 7.12. The van der Waals surface area contributed by atoms with Crippen LogP contribution in [0.4, 0.5) is 17.1 Å². The maximum absolute atomic E-state index is 12.5. The molecule has 7 nitrogen and oxygen atoms in total. The molecule has 2 amide bonds. The Morgan fingerprint density at radius 2 is 2.00 bits per heavy atom. The minimum atomic E-state index is -0.627. The number of aryl methyl sites for hydroxylation is 1. The van der Waals surface area contributed by atoms with Gasteiger partial charge in [0.05, 0.1) is 4.92 Å². The SMILES string of the molecule is CC(C)CN1C(=O)CCc2cc(NC(=O)c3ccc(Cl)c([N+](=O)[O-])c3)ccc21. The van der Waals surface area contributed by atoms with Crippen LogP contribution in [0, 0.1) is 16.0 Å². The molecule has 0 saturated heterocycles. The summed E-state index contributed by atoms with van der Waals surface area (Å²) in [6.45, 7) is 4.76. The molecule has 28 heavy (non-hydrogen) atoms. The Balaban J connectivity index is 1.83. The molecule has 146 valence electrons. The van der Waals surface area contributed by atoms with Crippen LogP contribution in [0.3, 0.4) is 0 Å². The fourth-order valence-electron chi connectivity index (χ4n) is 3.20. The molecule has 0 aromatic heterocycles. The highest BCUT2D eigenvalue weighted by atomic mass is 35.5. The third kappa shape index (κ3) is 4.14. The highest BCUT2D eigenvalue weighted by Crippen LogP contribution is 2.31. The summed E-state index contributed by atoms with van der Waals surface area (Å²) in [7, 11) is 0. The molecule has 0 unspecified atom stereocenters. The van der Waals surface area contributed by atoms with E-state index in [-0.39, 0.29) is 22.2 Å². The molecule has 0 fully saturated rings. The molecule has 1 heterocycles. The summed E-state index contributed by atoms with van der Waals surface area (Å²) in [6, 6.07) is 9.32. The van der Waals surface area contributed by atoms with Crippen molar-refractivity contribution in [2.75, 3.05) is 16.8 Å². The van der Waals surface area contributed by atoms with Crippen LogP contribution in [0.1, 0.15) is 36.2 Å². The van der Waals surface area contributed by atoms with Crippen LogP contribution in [-0.2, 0) is 11.2 Å². The van der Waals surface area contributed by atoms with Crippen molar-refractivity contribution in [2.45, 2.75) is 26.7 Å². The minimum absolute atomic E-state index is 0.0229. The standard InChI is InChI=1S/C20H20ClN3O4/c1-12(2)11-23-17-7-5-15(9-13(17)4-8-19(23)25)22-20(26)14-3-6-16(21)18(10-14)24(27)28/h3,5-7,9-10,12H,4,8,11H2,1-2H3,(H,22,26). The smallest absolute Gasteiger partial charge is 0.288 e. The molecule has 0 atom stereocenters. The molecule has 2 aromatic carbocycles. The van der Waals surface area contributed by atoms with Crippen molar-refractivity contribution in [1.82, 2.24) is 0 Å². The van der Waals surface area contributed by atoms with Crippen LogP contribution in [0.2, 0.25) is 5.02 Å². The Hall–Kier alpha value is -2.93. The molecule has 0 aliphatic carbocycles. The quantitative estimate of drug-likeness (QED) is 0.592. The first-order chi connectivity index (χ1) is 13.3. The van der Waals surface area contributed by atoms with Gasteiger partial charge in [0.15, 0.2) is 0 Å². The number of nitrogens with zero attached hydrogens (tertiary/aromatic N) is 2. The lowest BCUT2D eigenvalue weighted by Crippen LogP contribution is -2.37. The van der Waals surface area contributed by atoms with Crippen LogP contribution in [-0.4, -0.2) is 23.3 Å². The molecule has 3 rings (SSSR count). The molecule has 0 spiro atoms. The zero-order valence-corrected chi connectivity index (χ0v) is 16.3. The normalized spacial score (nSPS) is 13.4. The van der Waals surface area contributed by atoms with Gasteiger partial charge in [-0.15, -0.1) is 0 Å². The molecule has 1 aliphatic heterocycles. The fraction of sp³-hybridized carbons (Fsp3) is 0.300. The average Bonchev–Trinajstić information content (AvgIpc) is 2.64. The van der Waals surface area contributed by atoms with Crippen molar-refractivity contribution in [3.63, 3.8) is 0 Å². The van der Waals surface area contributed by atoms with E-state index in [9.17, 15) is 19.7 Å². The number of carbonyl (C=O) groups is 2. The largest absolute Gasteiger partial charge is 0.322 e. The summed E-state index contributed by atoms with van der Waals surface area (Å²) in [4.78, 5) is 36.9. The third-order valence-corrected chi connectivity index (χ3v) is 4.81. The van der Waals surface area contributed by atoms with Crippen LogP contribution in [0.25, 0.3) is 0 Å². The van der Waals surface area contributed by atoms with Gasteiger partial charge in [0.1, 0.15) is 5.02 Å². The molecule has 0 bridgehead atoms. The third-order valence-electron chi connectivity index (χ3n) is 4.49. The van der Waals surface area contributed by atoms with Crippen molar-refractivity contribution in [3.05, 3.63) is 62.7 Å². The number of nitro groups is 1. The summed E-state index contributed by atoms with van der Waals surface area (Å²) < 4.78 is 0. The summed E-state index contributed by atoms with van der Waals surface area (Å²) >= 11 is 5.79. The van der Waals surface area contributed by atoms with E-state index in [0.29, 0.717) is 31.0 Å². The van der Waals surface area contributed by atoms with E-state index in [1.807, 2.05) is 12.1 Å². The molecule has 1 N–H and O–H groups in total. The summed E-state index contributed by atoms with van der Waals surface area (Å²) in [5.74, 6) is -0.0212. The van der Waals surface area contributed by atoms with Gasteiger partial charge >= 0.3 is 0 Å². The number of hydrogen-bond acceptors (Lipinski definition) is 4. The number of nitro benzene ring substituents is 1. The molecule has 0 radical (unpaired) electrons. The van der Waals surface area contributed by atoms with Gasteiger partial charge in [-0.05, 0) is 48.2 Å². The second kappa shape index (κ2) is 7.98. The number of benzene rings is 2. The highest BCUT2D eigenvalue weighted by Gasteiger charge is 2.25. The second-order valence-corrected chi connectivity index (χ2v) is 7.53. The summed E-state index contributed by atoms with van der Waals surface area (Å²) in [5, 5.41) is 13.7. The van der Waals surface area contributed by atoms with E-state index in [0.717, 1.165) is 17.3 Å². The summed E-state index contributed by atoms with van der Waals surface area (Å²) in [6.07, 6.45) is 1.04. The van der Waals surface area contributed by atoms with E-state index >= 15 is 0 Å². The van der Waals surface area contributed by atoms with Gasteiger partial charge in [-0.2, -0.15) is 0 Å². The van der Waals surface area contributed by atoms with Gasteiger partial charge < -0.3 is 10.2 Å². The van der Waals surface area contributed by atoms with E-state index in [2.05, 4.69) is 19.2 Å². The van der Waals surface area contributed by atoms with Gasteiger partial charge in [0, 0.05) is 36.0 Å². The number of fused-ring (bicyclic) bond motifs is 1. The van der Waals surface area contributed by atoms with Crippen LogP contribution in [0.15, 0.2) is 36.4 Å². The van der Waals surface area contributed by atoms with E-state index < -0.39 is 10.8 Å². The van der Waals surface area contributed by atoms with Crippen LogP contribution in [0.5, 0.6) is 0 Å². The average molecular weight is 402 g/mol. The number of carbonyl (C=O) groups excluding carboxylic acids is 2. The topological polar surface area (TPSA) is 92.6 Å².